The standard InChI is InChI=1S/C15H24ClN3/c1-9(2)13-14(16)17-8-18-15(13)19-12-6-5-10(3)7-11(12)4/h8-12H,5-7H2,1-4H3,(H,17,18,19). The lowest BCUT2D eigenvalue weighted by Gasteiger charge is -2.34. The third-order valence-electron chi connectivity index (χ3n) is 4.17. The highest BCUT2D eigenvalue weighted by atomic mass is 35.5. The summed E-state index contributed by atoms with van der Waals surface area (Å²) in [5.74, 6) is 2.76. The molecule has 3 nitrogen and oxygen atoms in total. The van der Waals surface area contributed by atoms with E-state index in [0.717, 1.165) is 17.3 Å². The Morgan fingerprint density at radius 2 is 2.00 bits per heavy atom. The highest BCUT2D eigenvalue weighted by Crippen LogP contribution is 2.33. The highest BCUT2D eigenvalue weighted by molar-refractivity contribution is 6.30. The van der Waals surface area contributed by atoms with E-state index in [1.807, 2.05) is 0 Å². The minimum atomic E-state index is 0.328. The van der Waals surface area contributed by atoms with Crippen LogP contribution in [0.1, 0.15) is 58.4 Å². The molecule has 1 N–H and O–H groups in total. The summed E-state index contributed by atoms with van der Waals surface area (Å²) < 4.78 is 0. The quantitative estimate of drug-likeness (QED) is 0.830. The fourth-order valence-corrected chi connectivity index (χ4v) is 3.41. The molecule has 1 aliphatic carbocycles. The van der Waals surface area contributed by atoms with Gasteiger partial charge in [0.05, 0.1) is 0 Å². The lowest BCUT2D eigenvalue weighted by atomic mass is 9.80. The molecule has 1 aromatic rings. The number of hydrogen-bond donors (Lipinski definition) is 1. The molecule has 2 rings (SSSR count). The second kappa shape index (κ2) is 6.08. The van der Waals surface area contributed by atoms with Gasteiger partial charge in [-0.05, 0) is 37.0 Å². The van der Waals surface area contributed by atoms with Crippen LogP contribution in [0.3, 0.4) is 0 Å². The zero-order valence-corrected chi connectivity index (χ0v) is 13.0. The van der Waals surface area contributed by atoms with E-state index in [4.69, 9.17) is 11.6 Å². The van der Waals surface area contributed by atoms with Gasteiger partial charge in [0.2, 0.25) is 0 Å². The van der Waals surface area contributed by atoms with Gasteiger partial charge in [0.15, 0.2) is 0 Å². The van der Waals surface area contributed by atoms with Crippen LogP contribution >= 0.6 is 11.6 Å². The molecule has 1 heterocycles. The van der Waals surface area contributed by atoms with Gasteiger partial charge in [-0.15, -0.1) is 0 Å². The van der Waals surface area contributed by atoms with Crippen molar-refractivity contribution < 1.29 is 0 Å². The third kappa shape index (κ3) is 3.38. The molecular formula is C15H24ClN3. The molecular weight excluding hydrogens is 258 g/mol. The van der Waals surface area contributed by atoms with Crippen molar-refractivity contribution in [2.45, 2.75) is 58.9 Å². The number of aromatic nitrogens is 2. The molecule has 1 fully saturated rings. The Labute approximate surface area is 121 Å². The second-order valence-electron chi connectivity index (χ2n) is 6.23. The fourth-order valence-electron chi connectivity index (χ4n) is 3.06. The maximum Gasteiger partial charge on any atom is 0.138 e. The normalized spacial score (nSPS) is 27.6. The highest BCUT2D eigenvalue weighted by Gasteiger charge is 2.26. The average Bonchev–Trinajstić information content (AvgIpc) is 2.32. The Morgan fingerprint density at radius 3 is 2.63 bits per heavy atom. The first-order valence-corrected chi connectivity index (χ1v) is 7.63. The molecule has 0 spiro atoms. The van der Waals surface area contributed by atoms with Crippen molar-refractivity contribution in [3.63, 3.8) is 0 Å². The second-order valence-corrected chi connectivity index (χ2v) is 6.59. The fraction of sp³-hybridized carbons (Fsp3) is 0.733. The van der Waals surface area contributed by atoms with Gasteiger partial charge < -0.3 is 5.32 Å². The van der Waals surface area contributed by atoms with Crippen LogP contribution < -0.4 is 5.32 Å². The van der Waals surface area contributed by atoms with E-state index in [0.29, 0.717) is 23.0 Å². The van der Waals surface area contributed by atoms with E-state index in [1.165, 1.54) is 19.3 Å². The number of halogens is 1. The zero-order chi connectivity index (χ0) is 14.0. The first kappa shape index (κ1) is 14.6. The molecule has 1 aromatic heterocycles. The lowest BCUT2D eigenvalue weighted by molar-refractivity contribution is 0.276. The molecule has 0 saturated heterocycles. The summed E-state index contributed by atoms with van der Waals surface area (Å²) in [7, 11) is 0. The Kier molecular flexibility index (Phi) is 4.67. The van der Waals surface area contributed by atoms with E-state index >= 15 is 0 Å². The average molecular weight is 282 g/mol. The van der Waals surface area contributed by atoms with Gasteiger partial charge in [-0.1, -0.05) is 39.3 Å². The van der Waals surface area contributed by atoms with E-state index in [2.05, 4.69) is 43.0 Å². The minimum Gasteiger partial charge on any atom is -0.367 e. The maximum atomic E-state index is 6.21. The van der Waals surface area contributed by atoms with Gasteiger partial charge in [-0.2, -0.15) is 0 Å². The summed E-state index contributed by atoms with van der Waals surface area (Å²) >= 11 is 6.21. The number of nitrogens with one attached hydrogen (secondary N) is 1. The predicted octanol–water partition coefficient (Wildman–Crippen LogP) is 4.49. The molecule has 0 radical (unpaired) electrons. The molecule has 3 unspecified atom stereocenters. The lowest BCUT2D eigenvalue weighted by Crippen LogP contribution is -2.33. The Bertz CT molecular complexity index is 433. The Balaban J connectivity index is 2.17. The molecule has 1 saturated carbocycles. The monoisotopic (exact) mass is 281 g/mol. The SMILES string of the molecule is CC1CCC(Nc2ncnc(Cl)c2C(C)C)C(C)C1. The molecule has 3 atom stereocenters. The molecule has 4 heteroatoms. The van der Waals surface area contributed by atoms with Gasteiger partial charge in [-0.3, -0.25) is 0 Å². The Hall–Kier alpha value is -0.830. The van der Waals surface area contributed by atoms with Crippen LogP contribution in [0, 0.1) is 11.8 Å². The van der Waals surface area contributed by atoms with Crippen molar-refractivity contribution in [2.75, 3.05) is 5.32 Å². The summed E-state index contributed by atoms with van der Waals surface area (Å²) in [5, 5.41) is 4.18. The summed E-state index contributed by atoms with van der Waals surface area (Å²) in [5.41, 5.74) is 1.04. The van der Waals surface area contributed by atoms with E-state index in [-0.39, 0.29) is 0 Å². The van der Waals surface area contributed by atoms with Crippen LogP contribution in [0.15, 0.2) is 6.33 Å². The summed E-state index contributed by atoms with van der Waals surface area (Å²) in [6, 6.07) is 0.500. The summed E-state index contributed by atoms with van der Waals surface area (Å²) in [4.78, 5) is 8.50. The van der Waals surface area contributed by atoms with Crippen molar-refractivity contribution in [2.24, 2.45) is 11.8 Å². The van der Waals surface area contributed by atoms with Crippen molar-refractivity contribution in [1.29, 1.82) is 0 Å². The van der Waals surface area contributed by atoms with Crippen LogP contribution in [0.2, 0.25) is 5.15 Å². The van der Waals surface area contributed by atoms with Crippen LogP contribution in [0.25, 0.3) is 0 Å². The number of rotatable bonds is 3. The Morgan fingerprint density at radius 1 is 1.26 bits per heavy atom. The van der Waals surface area contributed by atoms with Crippen LogP contribution in [0.5, 0.6) is 0 Å². The van der Waals surface area contributed by atoms with Gasteiger partial charge in [0, 0.05) is 11.6 Å². The van der Waals surface area contributed by atoms with E-state index in [9.17, 15) is 0 Å². The van der Waals surface area contributed by atoms with E-state index < -0.39 is 0 Å². The van der Waals surface area contributed by atoms with E-state index in [1.54, 1.807) is 6.33 Å². The molecule has 1 aliphatic rings. The first-order valence-electron chi connectivity index (χ1n) is 7.26. The smallest absolute Gasteiger partial charge is 0.138 e. The molecule has 19 heavy (non-hydrogen) atoms. The largest absolute Gasteiger partial charge is 0.367 e. The minimum absolute atomic E-state index is 0.328. The molecule has 0 aromatic carbocycles. The number of nitrogens with zero attached hydrogens (tertiary/aromatic N) is 2. The third-order valence-corrected chi connectivity index (χ3v) is 4.47. The molecule has 0 aliphatic heterocycles. The maximum absolute atomic E-state index is 6.21. The van der Waals surface area contributed by atoms with Gasteiger partial charge in [-0.25, -0.2) is 9.97 Å². The number of hydrogen-bond acceptors (Lipinski definition) is 3. The van der Waals surface area contributed by atoms with Crippen molar-refractivity contribution in [1.82, 2.24) is 9.97 Å². The van der Waals surface area contributed by atoms with Gasteiger partial charge >= 0.3 is 0 Å². The zero-order valence-electron chi connectivity index (χ0n) is 12.3. The molecule has 0 amide bonds. The topological polar surface area (TPSA) is 37.8 Å². The van der Waals surface area contributed by atoms with Gasteiger partial charge in [0.1, 0.15) is 17.3 Å². The number of anilines is 1. The van der Waals surface area contributed by atoms with Crippen molar-refractivity contribution in [3.05, 3.63) is 17.0 Å². The van der Waals surface area contributed by atoms with Crippen LogP contribution in [0.4, 0.5) is 5.82 Å². The van der Waals surface area contributed by atoms with Crippen LogP contribution in [-0.4, -0.2) is 16.0 Å². The summed E-state index contributed by atoms with van der Waals surface area (Å²) in [6.07, 6.45) is 5.33. The predicted molar refractivity (Wildman–Crippen MR) is 80.7 cm³/mol. The molecule has 106 valence electrons. The van der Waals surface area contributed by atoms with Crippen molar-refractivity contribution >= 4 is 17.4 Å². The van der Waals surface area contributed by atoms with Crippen molar-refractivity contribution in [3.8, 4) is 0 Å². The molecule has 0 bridgehead atoms. The summed E-state index contributed by atoms with van der Waals surface area (Å²) in [6.45, 7) is 8.92. The van der Waals surface area contributed by atoms with Gasteiger partial charge in [0.25, 0.3) is 0 Å². The van der Waals surface area contributed by atoms with Crippen LogP contribution in [-0.2, 0) is 0 Å². The first-order chi connectivity index (χ1) is 8.99.